The van der Waals surface area contributed by atoms with E-state index in [1.165, 1.54) is 18.4 Å². The number of halogens is 1. The van der Waals surface area contributed by atoms with Gasteiger partial charge in [0.15, 0.2) is 11.5 Å². The van der Waals surface area contributed by atoms with Gasteiger partial charge in [-0.2, -0.15) is 0 Å². The largest absolute Gasteiger partial charge is 0.490 e. The molecule has 1 aliphatic heterocycles. The summed E-state index contributed by atoms with van der Waals surface area (Å²) >= 11 is 6.56. The Labute approximate surface area is 173 Å². The topological polar surface area (TPSA) is 42.5 Å². The third-order valence-electron chi connectivity index (χ3n) is 5.22. The maximum atomic E-state index is 6.56. The molecule has 1 saturated heterocycles. The fourth-order valence-corrected chi connectivity index (χ4v) is 3.84. The average molecular weight is 403 g/mol. The van der Waals surface area contributed by atoms with Crippen molar-refractivity contribution < 1.29 is 9.47 Å². The van der Waals surface area contributed by atoms with Gasteiger partial charge < -0.3 is 20.1 Å². The molecule has 152 valence electrons. The molecule has 0 aliphatic carbocycles. The maximum absolute atomic E-state index is 6.56. The number of aryl methyl sites for hydroxylation is 1. The summed E-state index contributed by atoms with van der Waals surface area (Å²) in [6, 6.07) is 12.2. The van der Waals surface area contributed by atoms with Crippen LogP contribution in [0.25, 0.3) is 0 Å². The van der Waals surface area contributed by atoms with Crippen LogP contribution in [0.15, 0.2) is 36.4 Å². The number of piperidine rings is 1. The highest BCUT2D eigenvalue weighted by Gasteiger charge is 2.15. The van der Waals surface area contributed by atoms with Crippen molar-refractivity contribution in [3.05, 3.63) is 58.1 Å². The summed E-state index contributed by atoms with van der Waals surface area (Å²) in [7, 11) is 0. The molecule has 2 aromatic rings. The molecule has 0 unspecified atom stereocenters. The molecular weight excluding hydrogens is 372 g/mol. The van der Waals surface area contributed by atoms with E-state index in [2.05, 4.69) is 29.7 Å². The summed E-state index contributed by atoms with van der Waals surface area (Å²) in [5, 5.41) is 7.58. The van der Waals surface area contributed by atoms with Crippen LogP contribution in [0.4, 0.5) is 0 Å². The monoisotopic (exact) mass is 402 g/mol. The van der Waals surface area contributed by atoms with Gasteiger partial charge in [-0.1, -0.05) is 35.9 Å². The number of nitrogens with one attached hydrogen (secondary N) is 2. The van der Waals surface area contributed by atoms with Gasteiger partial charge in [-0.05, 0) is 81.1 Å². The van der Waals surface area contributed by atoms with Crippen LogP contribution in [0.2, 0.25) is 5.02 Å². The molecule has 0 amide bonds. The zero-order valence-electron chi connectivity index (χ0n) is 16.9. The van der Waals surface area contributed by atoms with Crippen molar-refractivity contribution in [2.45, 2.75) is 39.8 Å². The average Bonchev–Trinajstić information content (AvgIpc) is 2.70. The first-order chi connectivity index (χ1) is 13.7. The van der Waals surface area contributed by atoms with Crippen LogP contribution in [0.5, 0.6) is 11.5 Å². The molecule has 0 radical (unpaired) electrons. The molecule has 5 heteroatoms. The minimum absolute atomic E-state index is 0.472. The predicted molar refractivity (Wildman–Crippen MR) is 115 cm³/mol. The van der Waals surface area contributed by atoms with E-state index in [4.69, 9.17) is 21.1 Å². The van der Waals surface area contributed by atoms with E-state index in [1.54, 1.807) is 0 Å². The van der Waals surface area contributed by atoms with Gasteiger partial charge in [0.1, 0.15) is 6.61 Å². The van der Waals surface area contributed by atoms with Gasteiger partial charge in [0.2, 0.25) is 0 Å². The Kier molecular flexibility index (Phi) is 8.01. The molecule has 0 bridgehead atoms. The Morgan fingerprint density at radius 2 is 1.93 bits per heavy atom. The smallest absolute Gasteiger partial charge is 0.180 e. The molecular formula is C23H31ClN2O2. The number of hydrogen-bond acceptors (Lipinski definition) is 4. The van der Waals surface area contributed by atoms with Crippen LogP contribution in [0.1, 0.15) is 36.5 Å². The van der Waals surface area contributed by atoms with Crippen LogP contribution >= 0.6 is 11.6 Å². The number of benzene rings is 2. The quantitative estimate of drug-likeness (QED) is 0.637. The number of rotatable bonds is 9. The zero-order chi connectivity index (χ0) is 19.8. The predicted octanol–water partition coefficient (Wildman–Crippen LogP) is 4.72. The van der Waals surface area contributed by atoms with E-state index in [-0.39, 0.29) is 0 Å². The van der Waals surface area contributed by atoms with Crippen molar-refractivity contribution in [3.63, 3.8) is 0 Å². The minimum Gasteiger partial charge on any atom is -0.490 e. The highest BCUT2D eigenvalue weighted by Crippen LogP contribution is 2.37. The van der Waals surface area contributed by atoms with Crippen molar-refractivity contribution in [2.24, 2.45) is 5.92 Å². The fourth-order valence-electron chi connectivity index (χ4n) is 3.55. The Morgan fingerprint density at radius 1 is 1.14 bits per heavy atom. The molecule has 0 aromatic heterocycles. The van der Waals surface area contributed by atoms with E-state index in [1.807, 2.05) is 31.2 Å². The van der Waals surface area contributed by atoms with Gasteiger partial charge in [-0.25, -0.2) is 0 Å². The molecule has 1 heterocycles. The molecule has 3 rings (SSSR count). The zero-order valence-corrected chi connectivity index (χ0v) is 17.6. The Balaban J connectivity index is 1.64. The Morgan fingerprint density at radius 3 is 2.68 bits per heavy atom. The summed E-state index contributed by atoms with van der Waals surface area (Å²) in [6.07, 6.45) is 2.48. The standard InChI is InChI=1S/C23H31ClN2O2/c1-3-27-22-13-19(15-26-14-18-8-10-25-11-9-18)12-21(24)23(22)28-16-20-7-5-4-6-17(20)2/h4-7,12-13,18,25-26H,3,8-11,14-16H2,1-2H3. The highest BCUT2D eigenvalue weighted by atomic mass is 35.5. The van der Waals surface area contributed by atoms with Gasteiger partial charge in [0.25, 0.3) is 0 Å². The highest BCUT2D eigenvalue weighted by molar-refractivity contribution is 6.32. The molecule has 0 saturated carbocycles. The SMILES string of the molecule is CCOc1cc(CNCC2CCNCC2)cc(Cl)c1OCc1ccccc1C. The van der Waals surface area contributed by atoms with E-state index >= 15 is 0 Å². The van der Waals surface area contributed by atoms with Gasteiger partial charge in [-0.3, -0.25) is 0 Å². The van der Waals surface area contributed by atoms with E-state index in [9.17, 15) is 0 Å². The van der Waals surface area contributed by atoms with E-state index in [0.29, 0.717) is 29.7 Å². The lowest BCUT2D eigenvalue weighted by Gasteiger charge is -2.23. The van der Waals surface area contributed by atoms with Crippen LogP contribution < -0.4 is 20.1 Å². The first-order valence-corrected chi connectivity index (χ1v) is 10.6. The van der Waals surface area contributed by atoms with Crippen LogP contribution in [-0.4, -0.2) is 26.2 Å². The molecule has 2 N–H and O–H groups in total. The Hall–Kier alpha value is -1.75. The van der Waals surface area contributed by atoms with Crippen molar-refractivity contribution in [3.8, 4) is 11.5 Å². The third kappa shape index (κ3) is 5.87. The summed E-state index contributed by atoms with van der Waals surface area (Å²) in [5.74, 6) is 2.08. The van der Waals surface area contributed by atoms with Crippen molar-refractivity contribution in [1.82, 2.24) is 10.6 Å². The molecule has 4 nitrogen and oxygen atoms in total. The summed E-state index contributed by atoms with van der Waals surface area (Å²) in [4.78, 5) is 0. The van der Waals surface area contributed by atoms with Gasteiger partial charge in [0.05, 0.1) is 11.6 Å². The van der Waals surface area contributed by atoms with Crippen molar-refractivity contribution in [2.75, 3.05) is 26.2 Å². The molecule has 2 aromatic carbocycles. The third-order valence-corrected chi connectivity index (χ3v) is 5.50. The number of ether oxygens (including phenoxy) is 2. The van der Waals surface area contributed by atoms with Gasteiger partial charge in [-0.15, -0.1) is 0 Å². The summed E-state index contributed by atoms with van der Waals surface area (Å²) < 4.78 is 11.9. The van der Waals surface area contributed by atoms with Crippen LogP contribution in [0.3, 0.4) is 0 Å². The van der Waals surface area contributed by atoms with E-state index in [0.717, 1.165) is 43.2 Å². The van der Waals surface area contributed by atoms with Gasteiger partial charge >= 0.3 is 0 Å². The lowest BCUT2D eigenvalue weighted by molar-refractivity contribution is 0.268. The second-order valence-corrected chi connectivity index (χ2v) is 7.78. The molecule has 1 aliphatic rings. The molecule has 1 fully saturated rings. The number of hydrogen-bond donors (Lipinski definition) is 2. The molecule has 0 atom stereocenters. The second kappa shape index (κ2) is 10.7. The van der Waals surface area contributed by atoms with Crippen LogP contribution in [0, 0.1) is 12.8 Å². The minimum atomic E-state index is 0.472. The lowest BCUT2D eigenvalue weighted by atomic mass is 9.98. The normalized spacial score (nSPS) is 14.8. The second-order valence-electron chi connectivity index (χ2n) is 7.38. The maximum Gasteiger partial charge on any atom is 0.180 e. The first kappa shape index (κ1) is 21.0. The first-order valence-electron chi connectivity index (χ1n) is 10.2. The van der Waals surface area contributed by atoms with Crippen molar-refractivity contribution in [1.29, 1.82) is 0 Å². The summed E-state index contributed by atoms with van der Waals surface area (Å²) in [6.45, 7) is 9.17. The van der Waals surface area contributed by atoms with E-state index < -0.39 is 0 Å². The Bertz CT molecular complexity index is 760. The van der Waals surface area contributed by atoms with Crippen LogP contribution in [-0.2, 0) is 13.2 Å². The lowest BCUT2D eigenvalue weighted by Crippen LogP contribution is -2.33. The molecule has 28 heavy (non-hydrogen) atoms. The summed E-state index contributed by atoms with van der Waals surface area (Å²) in [5.41, 5.74) is 3.47. The van der Waals surface area contributed by atoms with Crippen molar-refractivity contribution >= 4 is 11.6 Å². The van der Waals surface area contributed by atoms with Gasteiger partial charge in [0, 0.05) is 6.54 Å². The fraction of sp³-hybridized carbons (Fsp3) is 0.478. The molecule has 0 spiro atoms.